The molecule has 0 aliphatic carbocycles. The van der Waals surface area contributed by atoms with Gasteiger partial charge in [0.25, 0.3) is 5.91 Å². The van der Waals surface area contributed by atoms with Crippen LogP contribution in [0.2, 0.25) is 10.0 Å². The van der Waals surface area contributed by atoms with E-state index in [1.165, 1.54) is 16.7 Å². The van der Waals surface area contributed by atoms with E-state index in [0.717, 1.165) is 5.56 Å². The van der Waals surface area contributed by atoms with Gasteiger partial charge in [-0.05, 0) is 56.7 Å². The fourth-order valence-electron chi connectivity index (χ4n) is 3.41. The molecule has 0 radical (unpaired) electrons. The topological polar surface area (TPSA) is 79.6 Å². The Kier molecular flexibility index (Phi) is 7.64. The molecule has 0 saturated heterocycles. The fourth-order valence-corrected chi connectivity index (χ4v) is 4.53. The van der Waals surface area contributed by atoms with E-state index < -0.39 is 0 Å². The number of anilines is 2. The van der Waals surface area contributed by atoms with Crippen LogP contribution in [-0.4, -0.2) is 32.5 Å². The molecule has 35 heavy (non-hydrogen) atoms. The molecule has 0 bridgehead atoms. The van der Waals surface area contributed by atoms with Gasteiger partial charge in [-0.25, -0.2) is 9.67 Å². The molecule has 1 aromatic heterocycles. The van der Waals surface area contributed by atoms with E-state index in [0.29, 0.717) is 32.3 Å². The number of carbonyl (C=O) groups excluding carboxylic acids is 2. The molecule has 1 aliphatic rings. The number of nitrogens with one attached hydrogen (secondary N) is 1. The van der Waals surface area contributed by atoms with E-state index in [2.05, 4.69) is 15.4 Å². The van der Waals surface area contributed by atoms with Crippen LogP contribution in [0.25, 0.3) is 6.08 Å². The number of aromatic nitrogens is 2. The number of amides is 2. The SMILES string of the molecule is Cc1ccc(N2C(=O)/C(=C/c3ccc(Cl)c(Cl)c3)N=C2SCC(=O)Nc2ccnn2C(C)C)cc1. The highest BCUT2D eigenvalue weighted by Crippen LogP contribution is 2.31. The van der Waals surface area contributed by atoms with Crippen molar-refractivity contribution in [3.05, 3.63) is 81.6 Å². The molecule has 0 fully saturated rings. The molecule has 7 nitrogen and oxygen atoms in total. The van der Waals surface area contributed by atoms with Crippen LogP contribution in [-0.2, 0) is 9.59 Å². The average Bonchev–Trinajstić information content (AvgIpc) is 3.40. The number of amidine groups is 1. The molecule has 0 atom stereocenters. The van der Waals surface area contributed by atoms with Crippen molar-refractivity contribution in [3.63, 3.8) is 0 Å². The number of aliphatic imine (C=N–C) groups is 1. The lowest BCUT2D eigenvalue weighted by Gasteiger charge is -2.18. The summed E-state index contributed by atoms with van der Waals surface area (Å²) >= 11 is 13.3. The van der Waals surface area contributed by atoms with Gasteiger partial charge in [0.2, 0.25) is 5.91 Å². The number of hydrogen-bond donors (Lipinski definition) is 1. The Bertz CT molecular complexity index is 1330. The van der Waals surface area contributed by atoms with Gasteiger partial charge in [0, 0.05) is 12.1 Å². The maximum absolute atomic E-state index is 13.3. The zero-order valence-electron chi connectivity index (χ0n) is 19.3. The molecule has 0 unspecified atom stereocenters. The predicted octanol–water partition coefficient (Wildman–Crippen LogP) is 6.19. The van der Waals surface area contributed by atoms with Gasteiger partial charge >= 0.3 is 0 Å². The molecule has 2 heterocycles. The fraction of sp³-hybridized carbons (Fsp3) is 0.200. The van der Waals surface area contributed by atoms with Crippen molar-refractivity contribution >= 4 is 69.5 Å². The summed E-state index contributed by atoms with van der Waals surface area (Å²) in [5.41, 5.74) is 2.67. The van der Waals surface area contributed by atoms with Crippen molar-refractivity contribution in [3.8, 4) is 0 Å². The molecule has 0 saturated carbocycles. The Morgan fingerprint density at radius 3 is 2.54 bits per heavy atom. The summed E-state index contributed by atoms with van der Waals surface area (Å²) < 4.78 is 1.73. The molecular formula is C25H23Cl2N5O2S. The van der Waals surface area contributed by atoms with Crippen molar-refractivity contribution in [2.75, 3.05) is 16.0 Å². The number of benzene rings is 2. The van der Waals surface area contributed by atoms with Crippen LogP contribution in [0, 0.1) is 6.92 Å². The number of rotatable bonds is 6. The van der Waals surface area contributed by atoms with Crippen LogP contribution in [0.1, 0.15) is 31.0 Å². The standard InChI is InChI=1S/C25H23Cl2N5O2S/c1-15(2)32-22(10-11-28-32)30-23(33)14-35-25-29-21(13-17-6-9-19(26)20(27)12-17)24(34)31(25)18-7-4-16(3)5-8-18/h4-13,15H,14H2,1-3H3,(H,30,33)/b21-13-. The summed E-state index contributed by atoms with van der Waals surface area (Å²) in [6.45, 7) is 5.94. The van der Waals surface area contributed by atoms with Crippen LogP contribution in [0.15, 0.2) is 65.4 Å². The third-order valence-corrected chi connectivity index (χ3v) is 6.81. The number of aryl methyl sites for hydroxylation is 1. The highest BCUT2D eigenvalue weighted by atomic mass is 35.5. The van der Waals surface area contributed by atoms with Gasteiger partial charge in [-0.15, -0.1) is 0 Å². The third kappa shape index (κ3) is 5.78. The lowest BCUT2D eigenvalue weighted by molar-refractivity contribution is -0.114. The number of thioether (sulfide) groups is 1. The predicted molar refractivity (Wildman–Crippen MR) is 144 cm³/mol. The Hall–Kier alpha value is -3.07. The molecule has 0 spiro atoms. The highest BCUT2D eigenvalue weighted by molar-refractivity contribution is 8.14. The summed E-state index contributed by atoms with van der Waals surface area (Å²) in [5.74, 6) is 0.169. The van der Waals surface area contributed by atoms with Crippen LogP contribution in [0.4, 0.5) is 11.5 Å². The van der Waals surface area contributed by atoms with Gasteiger partial charge in [0.05, 0.1) is 27.7 Å². The van der Waals surface area contributed by atoms with Crippen molar-refractivity contribution < 1.29 is 9.59 Å². The third-order valence-electron chi connectivity index (χ3n) is 5.13. The lowest BCUT2D eigenvalue weighted by atomic mass is 10.2. The largest absolute Gasteiger partial charge is 0.310 e. The molecule has 1 N–H and O–H groups in total. The molecule has 1 aliphatic heterocycles. The van der Waals surface area contributed by atoms with Crippen molar-refractivity contribution in [1.29, 1.82) is 0 Å². The van der Waals surface area contributed by atoms with Crippen LogP contribution >= 0.6 is 35.0 Å². The van der Waals surface area contributed by atoms with E-state index in [4.69, 9.17) is 23.2 Å². The summed E-state index contributed by atoms with van der Waals surface area (Å²) in [4.78, 5) is 32.1. The zero-order valence-corrected chi connectivity index (χ0v) is 21.7. The molecular weight excluding hydrogens is 505 g/mol. The van der Waals surface area contributed by atoms with Gasteiger partial charge in [0.1, 0.15) is 11.5 Å². The van der Waals surface area contributed by atoms with Crippen molar-refractivity contribution in [2.24, 2.45) is 4.99 Å². The van der Waals surface area contributed by atoms with Crippen molar-refractivity contribution in [2.45, 2.75) is 26.8 Å². The second kappa shape index (κ2) is 10.7. The monoisotopic (exact) mass is 527 g/mol. The first-order chi connectivity index (χ1) is 16.7. The van der Waals surface area contributed by atoms with Gasteiger partial charge in [-0.1, -0.05) is 58.7 Å². The molecule has 180 valence electrons. The minimum Gasteiger partial charge on any atom is -0.310 e. The van der Waals surface area contributed by atoms with E-state index in [1.54, 1.807) is 41.2 Å². The van der Waals surface area contributed by atoms with Gasteiger partial charge in [0.15, 0.2) is 5.17 Å². The van der Waals surface area contributed by atoms with Gasteiger partial charge in [-0.2, -0.15) is 5.10 Å². The van der Waals surface area contributed by atoms with Crippen LogP contribution in [0.5, 0.6) is 0 Å². The number of hydrogen-bond acceptors (Lipinski definition) is 5. The molecule has 2 amide bonds. The van der Waals surface area contributed by atoms with E-state index >= 15 is 0 Å². The normalized spacial score (nSPS) is 14.7. The lowest BCUT2D eigenvalue weighted by Crippen LogP contribution is -2.31. The maximum Gasteiger partial charge on any atom is 0.283 e. The Balaban J connectivity index is 1.58. The summed E-state index contributed by atoms with van der Waals surface area (Å²) in [5, 5.41) is 8.33. The first kappa shape index (κ1) is 25.0. The average molecular weight is 528 g/mol. The first-order valence-corrected chi connectivity index (χ1v) is 12.6. The summed E-state index contributed by atoms with van der Waals surface area (Å²) in [6.07, 6.45) is 3.29. The minimum atomic E-state index is -0.291. The molecule has 2 aromatic carbocycles. The highest BCUT2D eigenvalue weighted by Gasteiger charge is 2.32. The maximum atomic E-state index is 13.3. The summed E-state index contributed by atoms with van der Waals surface area (Å²) in [6, 6.07) is 14.5. The molecule has 3 aromatic rings. The van der Waals surface area contributed by atoms with Crippen LogP contribution < -0.4 is 10.2 Å². The number of carbonyl (C=O) groups is 2. The Morgan fingerprint density at radius 1 is 1.11 bits per heavy atom. The van der Waals surface area contributed by atoms with Crippen molar-refractivity contribution in [1.82, 2.24) is 9.78 Å². The Labute approximate surface area is 217 Å². The first-order valence-electron chi connectivity index (χ1n) is 10.9. The minimum absolute atomic E-state index is 0.0673. The number of nitrogens with zero attached hydrogens (tertiary/aromatic N) is 4. The smallest absolute Gasteiger partial charge is 0.283 e. The second-order valence-electron chi connectivity index (χ2n) is 8.17. The zero-order chi connectivity index (χ0) is 25.1. The van der Waals surface area contributed by atoms with E-state index in [-0.39, 0.29) is 29.3 Å². The van der Waals surface area contributed by atoms with Crippen LogP contribution in [0.3, 0.4) is 0 Å². The Morgan fingerprint density at radius 2 is 1.86 bits per heavy atom. The van der Waals surface area contributed by atoms with Gasteiger partial charge in [-0.3, -0.25) is 14.5 Å². The molecule has 4 rings (SSSR count). The van der Waals surface area contributed by atoms with Gasteiger partial charge < -0.3 is 5.32 Å². The molecule has 10 heteroatoms. The van der Waals surface area contributed by atoms with E-state index in [1.807, 2.05) is 45.0 Å². The summed E-state index contributed by atoms with van der Waals surface area (Å²) in [7, 11) is 0. The van der Waals surface area contributed by atoms with E-state index in [9.17, 15) is 9.59 Å². The second-order valence-corrected chi connectivity index (χ2v) is 9.92. The quantitative estimate of drug-likeness (QED) is 0.387. The number of halogens is 2.